The highest BCUT2D eigenvalue weighted by molar-refractivity contribution is 6.31. The highest BCUT2D eigenvalue weighted by Crippen LogP contribution is 2.23. The Kier molecular flexibility index (Phi) is 5.83. The van der Waals surface area contributed by atoms with E-state index in [1.165, 1.54) is 0 Å². The molecule has 0 unspecified atom stereocenters. The van der Waals surface area contributed by atoms with Crippen molar-refractivity contribution in [3.05, 3.63) is 34.9 Å². The predicted molar refractivity (Wildman–Crippen MR) is 74.0 cm³/mol. The molecular weight excluding hydrogens is 266 g/mol. The lowest BCUT2D eigenvalue weighted by Crippen LogP contribution is -2.37. The van der Waals surface area contributed by atoms with Gasteiger partial charge in [0.25, 0.3) is 0 Å². The fourth-order valence-corrected chi connectivity index (χ4v) is 2.15. The maximum absolute atomic E-state index is 12.0. The molecule has 4 nitrogen and oxygen atoms in total. The summed E-state index contributed by atoms with van der Waals surface area (Å²) in [4.78, 5) is 23.3. The van der Waals surface area contributed by atoms with E-state index in [2.05, 4.69) is 5.32 Å². The van der Waals surface area contributed by atoms with Crippen LogP contribution in [0.15, 0.2) is 24.3 Å². The molecule has 0 saturated carbocycles. The van der Waals surface area contributed by atoms with Crippen molar-refractivity contribution >= 4 is 23.5 Å². The molecule has 1 atom stereocenters. The Morgan fingerprint density at radius 2 is 1.84 bits per heavy atom. The molecule has 5 heteroatoms. The first-order chi connectivity index (χ1) is 9.01. The van der Waals surface area contributed by atoms with Crippen LogP contribution in [0.25, 0.3) is 0 Å². The summed E-state index contributed by atoms with van der Waals surface area (Å²) in [5.41, 5.74) is 0.399. The minimum Gasteiger partial charge on any atom is -0.479 e. The van der Waals surface area contributed by atoms with Crippen LogP contribution in [-0.2, 0) is 9.59 Å². The first-order valence-electron chi connectivity index (χ1n) is 6.28. The Balaban J connectivity index is 2.95. The van der Waals surface area contributed by atoms with Crippen LogP contribution in [0.2, 0.25) is 5.02 Å². The third-order valence-electron chi connectivity index (χ3n) is 3.11. The molecule has 0 saturated heterocycles. The van der Waals surface area contributed by atoms with E-state index < -0.39 is 12.0 Å². The van der Waals surface area contributed by atoms with Crippen molar-refractivity contribution in [1.82, 2.24) is 5.32 Å². The van der Waals surface area contributed by atoms with Gasteiger partial charge in [-0.3, -0.25) is 4.79 Å². The summed E-state index contributed by atoms with van der Waals surface area (Å²) in [5.74, 6) is -1.55. The van der Waals surface area contributed by atoms with Gasteiger partial charge < -0.3 is 10.4 Å². The number of rotatable bonds is 6. The number of carboxylic acid groups (broad SMARTS) is 1. The number of hydrogen-bond donors (Lipinski definition) is 2. The van der Waals surface area contributed by atoms with E-state index in [4.69, 9.17) is 11.6 Å². The summed E-state index contributed by atoms with van der Waals surface area (Å²) in [6.07, 6.45) is 1.36. The summed E-state index contributed by atoms with van der Waals surface area (Å²) in [7, 11) is 0. The van der Waals surface area contributed by atoms with Crippen molar-refractivity contribution in [2.45, 2.75) is 32.7 Å². The Hall–Kier alpha value is -1.55. The van der Waals surface area contributed by atoms with Gasteiger partial charge >= 0.3 is 5.97 Å². The van der Waals surface area contributed by atoms with E-state index in [9.17, 15) is 14.7 Å². The molecule has 0 heterocycles. The molecule has 0 spiro atoms. The third kappa shape index (κ3) is 3.96. The molecule has 0 aliphatic heterocycles. The number of carbonyl (C=O) groups excluding carboxylic acids is 1. The first-order valence-corrected chi connectivity index (χ1v) is 6.66. The average molecular weight is 284 g/mol. The number of amides is 1. The molecule has 1 rings (SSSR count). The van der Waals surface area contributed by atoms with E-state index in [0.717, 1.165) is 0 Å². The van der Waals surface area contributed by atoms with Gasteiger partial charge in [0.2, 0.25) is 5.91 Å². The highest BCUT2D eigenvalue weighted by atomic mass is 35.5. The molecule has 0 bridgehead atoms. The van der Waals surface area contributed by atoms with Crippen molar-refractivity contribution < 1.29 is 14.7 Å². The molecule has 0 fully saturated rings. The van der Waals surface area contributed by atoms with Gasteiger partial charge in [-0.2, -0.15) is 0 Å². The van der Waals surface area contributed by atoms with Crippen molar-refractivity contribution in [3.63, 3.8) is 0 Å². The molecule has 19 heavy (non-hydrogen) atoms. The monoisotopic (exact) mass is 283 g/mol. The first kappa shape index (κ1) is 15.5. The lowest BCUT2D eigenvalue weighted by molar-refractivity contribution is -0.142. The van der Waals surface area contributed by atoms with Gasteiger partial charge in [0.15, 0.2) is 6.04 Å². The van der Waals surface area contributed by atoms with Crippen LogP contribution in [0, 0.1) is 5.92 Å². The zero-order valence-electron chi connectivity index (χ0n) is 11.0. The minimum absolute atomic E-state index is 0.177. The summed E-state index contributed by atoms with van der Waals surface area (Å²) in [6, 6.07) is 5.51. The van der Waals surface area contributed by atoms with Crippen LogP contribution in [0.3, 0.4) is 0 Å². The number of hydrogen-bond acceptors (Lipinski definition) is 2. The zero-order valence-corrected chi connectivity index (χ0v) is 11.8. The number of carboxylic acids is 1. The van der Waals surface area contributed by atoms with Crippen molar-refractivity contribution in [3.8, 4) is 0 Å². The summed E-state index contributed by atoms with van der Waals surface area (Å²) in [6.45, 7) is 3.80. The smallest absolute Gasteiger partial charge is 0.330 e. The average Bonchev–Trinajstić information content (AvgIpc) is 2.38. The number of benzene rings is 1. The molecule has 1 amide bonds. The topological polar surface area (TPSA) is 66.4 Å². The fourth-order valence-electron chi connectivity index (χ4n) is 1.90. The van der Waals surface area contributed by atoms with E-state index in [-0.39, 0.29) is 11.8 Å². The molecule has 0 aromatic heterocycles. The van der Waals surface area contributed by atoms with Gasteiger partial charge in [0.1, 0.15) is 0 Å². The molecular formula is C14H18ClNO3. The van der Waals surface area contributed by atoms with Gasteiger partial charge in [-0.25, -0.2) is 4.79 Å². The predicted octanol–water partition coefficient (Wildman–Crippen LogP) is 3.02. The van der Waals surface area contributed by atoms with Crippen LogP contribution in [0.5, 0.6) is 0 Å². The third-order valence-corrected chi connectivity index (χ3v) is 3.45. The Morgan fingerprint density at radius 3 is 2.32 bits per heavy atom. The van der Waals surface area contributed by atoms with Gasteiger partial charge in [0, 0.05) is 16.5 Å². The maximum Gasteiger partial charge on any atom is 0.330 e. The van der Waals surface area contributed by atoms with Crippen LogP contribution in [0.4, 0.5) is 0 Å². The lowest BCUT2D eigenvalue weighted by atomic mass is 10.0. The highest BCUT2D eigenvalue weighted by Gasteiger charge is 2.26. The number of nitrogens with one attached hydrogen (secondary N) is 1. The van der Waals surface area contributed by atoms with Gasteiger partial charge in [0.05, 0.1) is 0 Å². The minimum atomic E-state index is -1.12. The number of carbonyl (C=O) groups is 2. The standard InChI is InChI=1S/C14H18ClNO3/c1-3-9(4-2)13(17)16-12(14(18)19)10-7-5-6-8-11(10)15/h5-9,12H,3-4H2,1-2H3,(H,16,17)(H,18,19)/t12-/m1/s1. The molecule has 1 aromatic rings. The number of aliphatic carboxylic acids is 1. The lowest BCUT2D eigenvalue weighted by Gasteiger charge is -2.19. The summed E-state index contributed by atoms with van der Waals surface area (Å²) >= 11 is 5.98. The van der Waals surface area contributed by atoms with E-state index in [1.54, 1.807) is 24.3 Å². The van der Waals surface area contributed by atoms with Crippen molar-refractivity contribution in [1.29, 1.82) is 0 Å². The van der Waals surface area contributed by atoms with E-state index >= 15 is 0 Å². The van der Waals surface area contributed by atoms with Crippen LogP contribution in [-0.4, -0.2) is 17.0 Å². The van der Waals surface area contributed by atoms with E-state index in [1.807, 2.05) is 13.8 Å². The van der Waals surface area contributed by atoms with E-state index in [0.29, 0.717) is 23.4 Å². The fraction of sp³-hybridized carbons (Fsp3) is 0.429. The zero-order chi connectivity index (χ0) is 14.4. The van der Waals surface area contributed by atoms with Crippen LogP contribution >= 0.6 is 11.6 Å². The molecule has 104 valence electrons. The maximum atomic E-state index is 12.0. The normalized spacial score (nSPS) is 12.2. The molecule has 2 N–H and O–H groups in total. The summed E-state index contributed by atoms with van der Waals surface area (Å²) in [5, 5.41) is 12.1. The van der Waals surface area contributed by atoms with Gasteiger partial charge in [-0.1, -0.05) is 43.6 Å². The van der Waals surface area contributed by atoms with Gasteiger partial charge in [-0.05, 0) is 18.9 Å². The molecule has 0 aliphatic carbocycles. The second-order valence-electron chi connectivity index (χ2n) is 4.31. The SMILES string of the molecule is CCC(CC)C(=O)N[C@@H](C(=O)O)c1ccccc1Cl. The largest absolute Gasteiger partial charge is 0.479 e. The Bertz CT molecular complexity index is 458. The second-order valence-corrected chi connectivity index (χ2v) is 4.72. The Labute approximate surface area is 117 Å². The second kappa shape index (κ2) is 7.14. The van der Waals surface area contributed by atoms with Crippen LogP contribution in [0.1, 0.15) is 38.3 Å². The van der Waals surface area contributed by atoms with Crippen molar-refractivity contribution in [2.24, 2.45) is 5.92 Å². The number of halogens is 1. The van der Waals surface area contributed by atoms with Gasteiger partial charge in [-0.15, -0.1) is 0 Å². The Morgan fingerprint density at radius 1 is 1.26 bits per heavy atom. The van der Waals surface area contributed by atoms with Crippen LogP contribution < -0.4 is 5.32 Å². The molecule has 0 radical (unpaired) electrons. The molecule has 0 aliphatic rings. The quantitative estimate of drug-likeness (QED) is 0.843. The van der Waals surface area contributed by atoms with Crippen molar-refractivity contribution in [2.75, 3.05) is 0 Å². The molecule has 1 aromatic carbocycles. The summed E-state index contributed by atoms with van der Waals surface area (Å²) < 4.78 is 0.